The first kappa shape index (κ1) is 26.0. The Balaban J connectivity index is 1.54. The molecular formula is C28H33N5O4. The third-order valence-corrected chi connectivity index (χ3v) is 6.96. The molecule has 2 aromatic heterocycles. The molecule has 0 aliphatic rings. The van der Waals surface area contributed by atoms with Crippen molar-refractivity contribution in [3.05, 3.63) is 72.1 Å². The zero-order valence-corrected chi connectivity index (χ0v) is 21.0. The van der Waals surface area contributed by atoms with Gasteiger partial charge in [-0.2, -0.15) is 0 Å². The number of nitrogens with two attached hydrogens (primary N) is 1. The first-order valence-corrected chi connectivity index (χ1v) is 12.5. The van der Waals surface area contributed by atoms with Crippen LogP contribution in [0.1, 0.15) is 31.4 Å². The summed E-state index contributed by atoms with van der Waals surface area (Å²) in [4.78, 5) is 44.7. The molecular weight excluding hydrogens is 470 g/mol. The summed E-state index contributed by atoms with van der Waals surface area (Å²) in [6, 6.07) is 12.4. The summed E-state index contributed by atoms with van der Waals surface area (Å²) >= 11 is 0. The highest BCUT2D eigenvalue weighted by Crippen LogP contribution is 2.21. The summed E-state index contributed by atoms with van der Waals surface area (Å²) in [5.41, 5.74) is 9.86. The lowest BCUT2D eigenvalue weighted by molar-refractivity contribution is -0.143. The lowest BCUT2D eigenvalue weighted by Gasteiger charge is -2.25. The third-order valence-electron chi connectivity index (χ3n) is 6.96. The highest BCUT2D eigenvalue weighted by atomic mass is 16.4. The van der Waals surface area contributed by atoms with Gasteiger partial charge in [0.1, 0.15) is 12.1 Å². The fourth-order valence-corrected chi connectivity index (χ4v) is 4.58. The molecule has 0 radical (unpaired) electrons. The van der Waals surface area contributed by atoms with Gasteiger partial charge in [-0.3, -0.25) is 9.59 Å². The van der Waals surface area contributed by atoms with Crippen LogP contribution in [0.2, 0.25) is 0 Å². The van der Waals surface area contributed by atoms with Gasteiger partial charge in [0.2, 0.25) is 11.8 Å². The zero-order chi connectivity index (χ0) is 26.5. The molecule has 0 saturated heterocycles. The number of rotatable bonds is 11. The van der Waals surface area contributed by atoms with Gasteiger partial charge in [0, 0.05) is 40.6 Å². The van der Waals surface area contributed by atoms with Crippen LogP contribution in [0.25, 0.3) is 21.8 Å². The predicted molar refractivity (Wildman–Crippen MR) is 143 cm³/mol. The molecule has 194 valence electrons. The molecule has 37 heavy (non-hydrogen) atoms. The van der Waals surface area contributed by atoms with E-state index in [0.29, 0.717) is 6.42 Å². The van der Waals surface area contributed by atoms with Crippen LogP contribution in [0.3, 0.4) is 0 Å². The average molecular weight is 504 g/mol. The molecule has 4 aromatic rings. The first-order valence-electron chi connectivity index (χ1n) is 12.5. The maximum Gasteiger partial charge on any atom is 0.326 e. The maximum atomic E-state index is 13.3. The van der Waals surface area contributed by atoms with E-state index < -0.39 is 35.9 Å². The molecule has 0 spiro atoms. The monoisotopic (exact) mass is 503 g/mol. The number of carbonyl (C=O) groups excluding carboxylic acids is 2. The molecule has 0 saturated carbocycles. The molecule has 2 amide bonds. The molecule has 2 aromatic carbocycles. The van der Waals surface area contributed by atoms with Crippen molar-refractivity contribution in [1.29, 1.82) is 0 Å². The number of aromatic nitrogens is 2. The van der Waals surface area contributed by atoms with Crippen LogP contribution in [0.5, 0.6) is 0 Å². The highest BCUT2D eigenvalue weighted by Gasteiger charge is 2.31. The average Bonchev–Trinajstić information content (AvgIpc) is 3.50. The van der Waals surface area contributed by atoms with Crippen molar-refractivity contribution in [3.8, 4) is 0 Å². The maximum absolute atomic E-state index is 13.3. The molecule has 0 unspecified atom stereocenters. The highest BCUT2D eigenvalue weighted by molar-refractivity contribution is 5.93. The van der Waals surface area contributed by atoms with Gasteiger partial charge in [0.15, 0.2) is 0 Å². The van der Waals surface area contributed by atoms with Gasteiger partial charge in [0.05, 0.1) is 6.04 Å². The van der Waals surface area contributed by atoms with Crippen LogP contribution >= 0.6 is 0 Å². The normalized spacial score (nSPS) is 14.7. The minimum atomic E-state index is -1.11. The van der Waals surface area contributed by atoms with Crippen LogP contribution in [0.4, 0.5) is 0 Å². The van der Waals surface area contributed by atoms with E-state index in [2.05, 4.69) is 20.6 Å². The van der Waals surface area contributed by atoms with Crippen LogP contribution in [0.15, 0.2) is 60.9 Å². The Labute approximate surface area is 214 Å². The topological polar surface area (TPSA) is 153 Å². The molecule has 0 bridgehead atoms. The Hall–Kier alpha value is -4.11. The SMILES string of the molecule is CC[C@H](C)[C@H](NC(=O)[C@H](Cc1c[nH]c2ccccc12)NC(=O)[C@@H](N)Cc1c[nH]c2ccccc12)C(=O)O. The fraction of sp³-hybridized carbons (Fsp3) is 0.321. The largest absolute Gasteiger partial charge is 0.480 e. The molecule has 0 aliphatic carbocycles. The fourth-order valence-electron chi connectivity index (χ4n) is 4.58. The van der Waals surface area contributed by atoms with Crippen molar-refractivity contribution in [2.45, 2.75) is 51.2 Å². The standard InChI is InChI=1S/C28H33N5O4/c1-3-16(2)25(28(36)37)33-27(35)24(13-18-15-31-23-11-7-5-9-20(18)23)32-26(34)21(29)12-17-14-30-22-10-6-4-8-19(17)22/h4-11,14-16,21,24-25,30-31H,3,12-13,29H2,1-2H3,(H,32,34)(H,33,35)(H,36,37)/t16-,21-,24-,25-/m0/s1. The number of fused-ring (bicyclic) bond motifs is 2. The van der Waals surface area contributed by atoms with E-state index >= 15 is 0 Å². The molecule has 4 rings (SSSR count). The number of benzene rings is 2. The predicted octanol–water partition coefficient (Wildman–Crippen LogP) is 2.86. The van der Waals surface area contributed by atoms with E-state index in [0.717, 1.165) is 32.9 Å². The molecule has 4 atom stereocenters. The Morgan fingerprint density at radius 2 is 1.41 bits per heavy atom. The number of aromatic amines is 2. The molecule has 7 N–H and O–H groups in total. The molecule has 2 heterocycles. The molecule has 0 fully saturated rings. The van der Waals surface area contributed by atoms with Gasteiger partial charge in [0.25, 0.3) is 0 Å². The third kappa shape index (κ3) is 5.83. The number of carbonyl (C=O) groups is 3. The Kier molecular flexibility index (Phi) is 7.93. The summed E-state index contributed by atoms with van der Waals surface area (Å²) in [5, 5.41) is 17.0. The molecule has 9 nitrogen and oxygen atoms in total. The van der Waals surface area contributed by atoms with Gasteiger partial charge in [-0.15, -0.1) is 0 Å². The second-order valence-electron chi connectivity index (χ2n) is 9.50. The lowest BCUT2D eigenvalue weighted by atomic mass is 9.97. The Bertz CT molecular complexity index is 1410. The van der Waals surface area contributed by atoms with Crippen LogP contribution in [-0.4, -0.2) is 51.0 Å². The van der Waals surface area contributed by atoms with Crippen molar-refractivity contribution in [1.82, 2.24) is 20.6 Å². The molecule has 9 heteroatoms. The minimum absolute atomic E-state index is 0.175. The minimum Gasteiger partial charge on any atom is -0.480 e. The number of para-hydroxylation sites is 2. The number of carboxylic acid groups (broad SMARTS) is 1. The summed E-state index contributed by atoms with van der Waals surface area (Å²) in [5.74, 6) is -2.45. The summed E-state index contributed by atoms with van der Waals surface area (Å²) < 4.78 is 0. The molecule has 0 aliphatic heterocycles. The van der Waals surface area contributed by atoms with Crippen molar-refractivity contribution in [2.24, 2.45) is 11.7 Å². The Morgan fingerprint density at radius 1 is 0.865 bits per heavy atom. The van der Waals surface area contributed by atoms with Crippen molar-refractivity contribution < 1.29 is 19.5 Å². The van der Waals surface area contributed by atoms with Gasteiger partial charge < -0.3 is 31.4 Å². The van der Waals surface area contributed by atoms with Gasteiger partial charge >= 0.3 is 5.97 Å². The second-order valence-corrected chi connectivity index (χ2v) is 9.50. The van der Waals surface area contributed by atoms with Gasteiger partial charge in [-0.25, -0.2) is 4.79 Å². The van der Waals surface area contributed by atoms with Crippen LogP contribution in [-0.2, 0) is 27.2 Å². The lowest BCUT2D eigenvalue weighted by Crippen LogP contribution is -2.56. The number of hydrogen-bond acceptors (Lipinski definition) is 4. The van der Waals surface area contributed by atoms with E-state index in [1.807, 2.05) is 61.7 Å². The number of amides is 2. The number of hydrogen-bond donors (Lipinski definition) is 6. The first-order chi connectivity index (χ1) is 17.8. The van der Waals surface area contributed by atoms with E-state index in [1.165, 1.54) is 0 Å². The Morgan fingerprint density at radius 3 is 1.95 bits per heavy atom. The number of aliphatic carboxylic acids is 1. The van der Waals surface area contributed by atoms with Crippen molar-refractivity contribution in [3.63, 3.8) is 0 Å². The van der Waals surface area contributed by atoms with Crippen molar-refractivity contribution in [2.75, 3.05) is 0 Å². The van der Waals surface area contributed by atoms with Gasteiger partial charge in [-0.1, -0.05) is 56.7 Å². The smallest absolute Gasteiger partial charge is 0.326 e. The van der Waals surface area contributed by atoms with Gasteiger partial charge in [-0.05, 0) is 35.6 Å². The van der Waals surface area contributed by atoms with E-state index in [-0.39, 0.29) is 18.8 Å². The van der Waals surface area contributed by atoms with E-state index in [9.17, 15) is 19.5 Å². The summed E-state index contributed by atoms with van der Waals surface area (Å²) in [6.07, 6.45) is 4.66. The summed E-state index contributed by atoms with van der Waals surface area (Å²) in [7, 11) is 0. The van der Waals surface area contributed by atoms with E-state index in [4.69, 9.17) is 5.73 Å². The van der Waals surface area contributed by atoms with Crippen LogP contribution in [0, 0.1) is 5.92 Å². The number of H-pyrrole nitrogens is 2. The summed E-state index contributed by atoms with van der Waals surface area (Å²) in [6.45, 7) is 3.63. The van der Waals surface area contributed by atoms with E-state index in [1.54, 1.807) is 13.1 Å². The second kappa shape index (κ2) is 11.3. The quantitative estimate of drug-likeness (QED) is 0.186. The zero-order valence-electron chi connectivity index (χ0n) is 21.0. The van der Waals surface area contributed by atoms with Crippen LogP contribution < -0.4 is 16.4 Å². The number of carboxylic acids is 1. The van der Waals surface area contributed by atoms with Crippen molar-refractivity contribution >= 4 is 39.6 Å². The number of nitrogens with one attached hydrogen (secondary N) is 4.